The van der Waals surface area contributed by atoms with Gasteiger partial charge in [0.05, 0.1) is 17.8 Å². The van der Waals surface area contributed by atoms with Crippen LogP contribution in [0, 0.1) is 0 Å². The van der Waals surface area contributed by atoms with Crippen molar-refractivity contribution in [2.24, 2.45) is 0 Å². The van der Waals surface area contributed by atoms with Crippen LogP contribution in [-0.2, 0) is 10.3 Å². The number of rotatable bonds is 4. The Kier molecular flexibility index (Phi) is 4.65. The number of hydrogen-bond acceptors (Lipinski definition) is 6. The van der Waals surface area contributed by atoms with Crippen LogP contribution in [0.3, 0.4) is 0 Å². The van der Waals surface area contributed by atoms with Crippen LogP contribution < -0.4 is 15.8 Å². The molecule has 2 aromatic rings. The molecule has 2 fully saturated rings. The van der Waals surface area contributed by atoms with Gasteiger partial charge in [0.2, 0.25) is 11.9 Å². The number of H-pyrrole nitrogens is 1. The molecular weight excluding hydrogens is 358 g/mol. The van der Waals surface area contributed by atoms with Gasteiger partial charge in [0.1, 0.15) is 5.39 Å². The molecule has 2 N–H and O–H groups in total. The van der Waals surface area contributed by atoms with E-state index in [1.807, 2.05) is 27.7 Å². The van der Waals surface area contributed by atoms with E-state index in [-0.39, 0.29) is 23.0 Å². The second-order valence-electron chi connectivity index (χ2n) is 8.84. The fourth-order valence-corrected chi connectivity index (χ4v) is 3.58. The number of carbonyl (C=O) groups is 1. The number of hydrogen-bond donors (Lipinski definition) is 2. The number of aromatic amines is 1. The first-order valence-corrected chi connectivity index (χ1v) is 10.0. The largest absolute Gasteiger partial charge is 0.352 e. The first-order valence-electron chi connectivity index (χ1n) is 10.0. The van der Waals surface area contributed by atoms with Gasteiger partial charge in [-0.1, -0.05) is 0 Å². The van der Waals surface area contributed by atoms with Gasteiger partial charge in [-0.05, 0) is 40.5 Å². The number of carbonyl (C=O) groups excluding carboxylic acids is 1. The van der Waals surface area contributed by atoms with E-state index in [0.717, 1.165) is 25.9 Å². The maximum atomic E-state index is 12.5. The van der Waals surface area contributed by atoms with Crippen LogP contribution in [0.2, 0.25) is 0 Å². The van der Waals surface area contributed by atoms with Crippen LogP contribution in [0.15, 0.2) is 11.0 Å². The first kappa shape index (κ1) is 18.9. The van der Waals surface area contributed by atoms with Crippen molar-refractivity contribution in [3.63, 3.8) is 0 Å². The standard InChI is InChI=1S/C19H29N7O2/c1-12(16(27)21-13-5-6-13)24-7-9-25(10-8-24)18-22-15-14(17(28)23-18)11-20-26(15)19(2,3)4/h11-13H,5-10H2,1-4H3,(H,21,27)(H,22,23,28). The zero-order valence-corrected chi connectivity index (χ0v) is 17.0. The van der Waals surface area contributed by atoms with Crippen LogP contribution in [0.5, 0.6) is 0 Å². The van der Waals surface area contributed by atoms with Crippen molar-refractivity contribution in [3.05, 3.63) is 16.6 Å². The van der Waals surface area contributed by atoms with E-state index < -0.39 is 0 Å². The van der Waals surface area contributed by atoms with Crippen molar-refractivity contribution in [1.29, 1.82) is 0 Å². The summed E-state index contributed by atoms with van der Waals surface area (Å²) in [5, 5.41) is 7.94. The third kappa shape index (κ3) is 3.63. The van der Waals surface area contributed by atoms with Gasteiger partial charge in [0, 0.05) is 32.2 Å². The minimum absolute atomic E-state index is 0.109. The molecule has 1 aliphatic heterocycles. The van der Waals surface area contributed by atoms with Crippen molar-refractivity contribution in [1.82, 2.24) is 30.0 Å². The summed E-state index contributed by atoms with van der Waals surface area (Å²) in [6, 6.07) is 0.240. The van der Waals surface area contributed by atoms with Gasteiger partial charge in [-0.2, -0.15) is 10.1 Å². The lowest BCUT2D eigenvalue weighted by atomic mass is 10.1. The topological polar surface area (TPSA) is 99.2 Å². The average Bonchev–Trinajstić information content (AvgIpc) is 3.34. The Labute approximate surface area is 164 Å². The van der Waals surface area contributed by atoms with E-state index in [1.165, 1.54) is 0 Å². The lowest BCUT2D eigenvalue weighted by Crippen LogP contribution is -2.54. The predicted octanol–water partition coefficient (Wildman–Crippen LogP) is 0.664. The Morgan fingerprint density at radius 1 is 1.25 bits per heavy atom. The Morgan fingerprint density at radius 3 is 2.54 bits per heavy atom. The molecule has 1 saturated heterocycles. The molecule has 2 aromatic heterocycles. The number of piperazine rings is 1. The van der Waals surface area contributed by atoms with Crippen LogP contribution in [-0.4, -0.2) is 68.8 Å². The smallest absolute Gasteiger partial charge is 0.263 e. The normalized spacial score (nSPS) is 19.8. The van der Waals surface area contributed by atoms with Gasteiger partial charge in [-0.3, -0.25) is 19.5 Å². The van der Waals surface area contributed by atoms with Gasteiger partial charge < -0.3 is 10.2 Å². The highest BCUT2D eigenvalue weighted by atomic mass is 16.2. The molecule has 1 amide bonds. The van der Waals surface area contributed by atoms with Gasteiger partial charge in [-0.15, -0.1) is 0 Å². The van der Waals surface area contributed by atoms with Crippen molar-refractivity contribution in [2.45, 2.75) is 58.2 Å². The van der Waals surface area contributed by atoms with E-state index in [2.05, 4.69) is 25.2 Å². The maximum absolute atomic E-state index is 12.5. The fourth-order valence-electron chi connectivity index (χ4n) is 3.58. The molecule has 9 nitrogen and oxygen atoms in total. The summed E-state index contributed by atoms with van der Waals surface area (Å²) in [5.41, 5.74) is 0.170. The van der Waals surface area contributed by atoms with E-state index >= 15 is 0 Å². The third-order valence-corrected chi connectivity index (χ3v) is 5.53. The van der Waals surface area contributed by atoms with E-state index in [9.17, 15) is 9.59 Å². The highest BCUT2D eigenvalue weighted by molar-refractivity contribution is 5.82. The summed E-state index contributed by atoms with van der Waals surface area (Å²) in [6.45, 7) is 11.0. The molecule has 152 valence electrons. The van der Waals surface area contributed by atoms with Gasteiger partial charge in [0.15, 0.2) is 5.65 Å². The van der Waals surface area contributed by atoms with Crippen LogP contribution in [0.25, 0.3) is 11.0 Å². The molecular formula is C19H29N7O2. The summed E-state index contributed by atoms with van der Waals surface area (Å²) >= 11 is 0. The fraction of sp³-hybridized carbons (Fsp3) is 0.684. The van der Waals surface area contributed by atoms with Gasteiger partial charge in [0.25, 0.3) is 5.56 Å². The molecule has 0 spiro atoms. The molecule has 1 aliphatic carbocycles. The second kappa shape index (κ2) is 6.88. The lowest BCUT2D eigenvalue weighted by Gasteiger charge is -2.37. The molecule has 0 bridgehead atoms. The Balaban J connectivity index is 1.49. The number of anilines is 1. The second-order valence-corrected chi connectivity index (χ2v) is 8.84. The quantitative estimate of drug-likeness (QED) is 0.800. The van der Waals surface area contributed by atoms with E-state index in [4.69, 9.17) is 4.98 Å². The summed E-state index contributed by atoms with van der Waals surface area (Å²) in [4.78, 5) is 36.7. The zero-order valence-electron chi connectivity index (χ0n) is 17.0. The monoisotopic (exact) mass is 387 g/mol. The Morgan fingerprint density at radius 2 is 1.93 bits per heavy atom. The lowest BCUT2D eigenvalue weighted by molar-refractivity contribution is -0.126. The Hall–Kier alpha value is -2.42. The molecule has 1 atom stereocenters. The highest BCUT2D eigenvalue weighted by Gasteiger charge is 2.30. The highest BCUT2D eigenvalue weighted by Crippen LogP contribution is 2.21. The molecule has 1 saturated carbocycles. The molecule has 1 unspecified atom stereocenters. The minimum atomic E-state index is -0.261. The number of fused-ring (bicyclic) bond motifs is 1. The van der Waals surface area contributed by atoms with Crippen molar-refractivity contribution >= 4 is 22.9 Å². The number of nitrogens with zero attached hydrogens (tertiary/aromatic N) is 5. The first-order chi connectivity index (χ1) is 13.2. The van der Waals surface area contributed by atoms with E-state index in [1.54, 1.807) is 10.9 Å². The molecule has 2 aliphatic rings. The molecule has 9 heteroatoms. The molecule has 3 heterocycles. The molecule has 4 rings (SSSR count). The van der Waals surface area contributed by atoms with Crippen molar-refractivity contribution in [2.75, 3.05) is 31.1 Å². The van der Waals surface area contributed by atoms with Crippen LogP contribution in [0.1, 0.15) is 40.5 Å². The molecule has 0 radical (unpaired) electrons. The number of amides is 1. The number of nitrogens with one attached hydrogen (secondary N) is 2. The van der Waals surface area contributed by atoms with Gasteiger partial charge >= 0.3 is 0 Å². The Bertz CT molecular complexity index is 930. The summed E-state index contributed by atoms with van der Waals surface area (Å²) < 4.78 is 1.79. The molecule has 28 heavy (non-hydrogen) atoms. The van der Waals surface area contributed by atoms with Crippen LogP contribution >= 0.6 is 0 Å². The maximum Gasteiger partial charge on any atom is 0.263 e. The average molecular weight is 387 g/mol. The summed E-state index contributed by atoms with van der Waals surface area (Å²) in [6.07, 6.45) is 3.77. The van der Waals surface area contributed by atoms with Crippen molar-refractivity contribution in [3.8, 4) is 0 Å². The van der Waals surface area contributed by atoms with Gasteiger partial charge in [-0.25, -0.2) is 4.68 Å². The predicted molar refractivity (Wildman–Crippen MR) is 108 cm³/mol. The van der Waals surface area contributed by atoms with E-state index in [0.29, 0.717) is 36.1 Å². The number of aromatic nitrogens is 4. The minimum Gasteiger partial charge on any atom is -0.352 e. The van der Waals surface area contributed by atoms with Crippen LogP contribution in [0.4, 0.5) is 5.95 Å². The van der Waals surface area contributed by atoms with Crippen molar-refractivity contribution < 1.29 is 4.79 Å². The summed E-state index contributed by atoms with van der Waals surface area (Å²) in [7, 11) is 0. The molecule has 0 aromatic carbocycles. The summed E-state index contributed by atoms with van der Waals surface area (Å²) in [5.74, 6) is 0.677. The SMILES string of the molecule is CC(C(=O)NC1CC1)N1CCN(c2nc3c(cnn3C(C)(C)C)c(=O)[nH]2)CC1. The third-order valence-electron chi connectivity index (χ3n) is 5.53. The zero-order chi connectivity index (χ0) is 20.1.